The molecule has 2 rings (SSSR count). The minimum Gasteiger partial charge on any atom is -0.508 e. The lowest BCUT2D eigenvalue weighted by Gasteiger charge is -2.26. The highest BCUT2D eigenvalue weighted by Crippen LogP contribution is 2.11. The number of aliphatic hydroxyl groups is 1. The van der Waals surface area contributed by atoms with Crippen LogP contribution in [0.1, 0.15) is 24.6 Å². The van der Waals surface area contributed by atoms with Gasteiger partial charge >= 0.3 is 5.97 Å². The molecule has 2 aromatic rings. The summed E-state index contributed by atoms with van der Waals surface area (Å²) in [4.78, 5) is 57.0. The molecule has 5 atom stereocenters. The van der Waals surface area contributed by atoms with Gasteiger partial charge < -0.3 is 42.0 Å². The van der Waals surface area contributed by atoms with E-state index in [1.165, 1.54) is 43.3 Å². The van der Waals surface area contributed by atoms with Gasteiger partial charge in [0.1, 0.15) is 23.9 Å². The highest BCUT2D eigenvalue weighted by atomic mass is 32.2. The number of carbonyl (C=O) groups excluding carboxylic acids is 3. The maximum absolute atomic E-state index is 13.0. The number of imidazole rings is 1. The van der Waals surface area contributed by atoms with E-state index >= 15 is 0 Å². The molecular formula is C24H34N6O7S. The molecule has 0 fully saturated rings. The molecule has 14 heteroatoms. The summed E-state index contributed by atoms with van der Waals surface area (Å²) in [5.41, 5.74) is 7.16. The van der Waals surface area contributed by atoms with Crippen molar-refractivity contribution < 1.29 is 34.5 Å². The van der Waals surface area contributed by atoms with Gasteiger partial charge in [0.2, 0.25) is 17.7 Å². The Balaban J connectivity index is 2.07. The van der Waals surface area contributed by atoms with E-state index in [1.807, 2.05) is 6.26 Å². The molecule has 38 heavy (non-hydrogen) atoms. The number of carboxylic acid groups (broad SMARTS) is 1. The summed E-state index contributed by atoms with van der Waals surface area (Å²) in [5, 5.41) is 36.5. The molecule has 0 saturated heterocycles. The third kappa shape index (κ3) is 9.68. The number of hydrogen-bond acceptors (Lipinski definition) is 9. The number of nitrogens with one attached hydrogen (secondary N) is 4. The van der Waals surface area contributed by atoms with Crippen LogP contribution in [-0.2, 0) is 32.0 Å². The lowest BCUT2D eigenvalue weighted by Crippen LogP contribution is -2.60. The second-order valence-corrected chi connectivity index (χ2v) is 9.71. The molecule has 5 unspecified atom stereocenters. The average molecular weight is 551 g/mol. The third-order valence-corrected chi connectivity index (χ3v) is 6.27. The summed E-state index contributed by atoms with van der Waals surface area (Å²) in [7, 11) is 0. The Hall–Kier alpha value is -3.62. The minimum absolute atomic E-state index is 0.0461. The van der Waals surface area contributed by atoms with E-state index < -0.39 is 54.0 Å². The lowest BCUT2D eigenvalue weighted by molar-refractivity contribution is -0.142. The molecule has 0 aliphatic carbocycles. The summed E-state index contributed by atoms with van der Waals surface area (Å²) in [5.74, 6) is -2.98. The Morgan fingerprint density at radius 1 is 1.03 bits per heavy atom. The Morgan fingerprint density at radius 2 is 1.68 bits per heavy atom. The molecule has 0 saturated carbocycles. The largest absolute Gasteiger partial charge is 0.508 e. The molecule has 0 aliphatic rings. The predicted octanol–water partition coefficient (Wildman–Crippen LogP) is -1.10. The van der Waals surface area contributed by atoms with E-state index in [0.717, 1.165) is 0 Å². The first kappa shape index (κ1) is 30.6. The summed E-state index contributed by atoms with van der Waals surface area (Å²) < 4.78 is 0. The number of amides is 3. The van der Waals surface area contributed by atoms with E-state index in [9.17, 15) is 34.5 Å². The van der Waals surface area contributed by atoms with Gasteiger partial charge in [0, 0.05) is 18.3 Å². The summed E-state index contributed by atoms with van der Waals surface area (Å²) in [6, 6.07) is 1.25. The smallest absolute Gasteiger partial charge is 0.326 e. The molecule has 208 valence electrons. The molecule has 0 spiro atoms. The first-order chi connectivity index (χ1) is 18.0. The van der Waals surface area contributed by atoms with Gasteiger partial charge in [0.25, 0.3) is 0 Å². The number of nitrogens with two attached hydrogens (primary N) is 1. The number of benzene rings is 1. The van der Waals surface area contributed by atoms with Gasteiger partial charge in [-0.2, -0.15) is 11.8 Å². The Labute approximate surface area is 224 Å². The molecule has 1 aromatic heterocycles. The standard InChI is InChI=1S/C24H34N6O7S/c1-13(31)20(30-21(33)17(25)9-14-3-5-16(32)6-4-14)23(35)28-18(7-8-38-2)22(34)29-19(24(36)37)10-15-11-26-12-27-15/h3-6,11-13,17-20,31-32H,7-10,25H2,1-2H3,(H,26,27)(H,28,35)(H,29,34)(H,30,33)(H,36,37). The lowest BCUT2D eigenvalue weighted by atomic mass is 10.0. The van der Waals surface area contributed by atoms with Crippen LogP contribution in [0.3, 0.4) is 0 Å². The molecule has 1 heterocycles. The van der Waals surface area contributed by atoms with E-state index in [4.69, 9.17) is 5.73 Å². The Bertz CT molecular complexity index is 1060. The number of carboxylic acids is 1. The monoisotopic (exact) mass is 550 g/mol. The number of phenols is 1. The minimum atomic E-state index is -1.42. The zero-order valence-corrected chi connectivity index (χ0v) is 21.9. The van der Waals surface area contributed by atoms with Gasteiger partial charge in [-0.1, -0.05) is 12.1 Å². The van der Waals surface area contributed by atoms with Crippen LogP contribution >= 0.6 is 11.8 Å². The van der Waals surface area contributed by atoms with Gasteiger partial charge in [-0.05, 0) is 49.5 Å². The average Bonchev–Trinajstić information content (AvgIpc) is 3.38. The Morgan fingerprint density at radius 3 is 2.24 bits per heavy atom. The number of rotatable bonds is 15. The van der Waals surface area contributed by atoms with Crippen molar-refractivity contribution in [2.75, 3.05) is 12.0 Å². The van der Waals surface area contributed by atoms with Crippen molar-refractivity contribution in [1.82, 2.24) is 25.9 Å². The number of phenolic OH excluding ortho intramolecular Hbond substituents is 1. The van der Waals surface area contributed by atoms with Crippen molar-refractivity contribution >= 4 is 35.5 Å². The maximum Gasteiger partial charge on any atom is 0.326 e. The number of H-pyrrole nitrogens is 1. The zero-order chi connectivity index (χ0) is 28.2. The number of nitrogens with zero attached hydrogens (tertiary/aromatic N) is 1. The fourth-order valence-corrected chi connectivity index (χ4v) is 3.97. The number of thioether (sulfide) groups is 1. The van der Waals surface area contributed by atoms with E-state index in [1.54, 1.807) is 12.1 Å². The number of hydrogen-bond donors (Lipinski definition) is 8. The number of carbonyl (C=O) groups is 4. The first-order valence-electron chi connectivity index (χ1n) is 11.8. The van der Waals surface area contributed by atoms with Gasteiger partial charge in [-0.15, -0.1) is 0 Å². The predicted molar refractivity (Wildman–Crippen MR) is 140 cm³/mol. The number of aromatic hydroxyl groups is 1. The molecule has 0 bridgehead atoms. The Kier molecular flexibility index (Phi) is 12.0. The van der Waals surface area contributed by atoms with Crippen molar-refractivity contribution in [3.63, 3.8) is 0 Å². The van der Waals surface area contributed by atoms with E-state index in [2.05, 4.69) is 25.9 Å². The second kappa shape index (κ2) is 15.0. The summed E-state index contributed by atoms with van der Waals surface area (Å²) in [6.07, 6.45) is 3.56. The number of aliphatic carboxylic acids is 1. The molecular weight excluding hydrogens is 516 g/mol. The van der Waals surface area contributed by atoms with Gasteiger partial charge in [0.05, 0.1) is 18.5 Å². The van der Waals surface area contributed by atoms with Crippen LogP contribution < -0.4 is 21.7 Å². The zero-order valence-electron chi connectivity index (χ0n) is 21.1. The van der Waals surface area contributed by atoms with Crippen molar-refractivity contribution in [2.45, 2.75) is 56.5 Å². The number of aromatic nitrogens is 2. The first-order valence-corrected chi connectivity index (χ1v) is 13.2. The molecule has 0 radical (unpaired) electrons. The number of aromatic amines is 1. The van der Waals surface area contributed by atoms with Crippen LogP contribution in [0.5, 0.6) is 5.75 Å². The van der Waals surface area contributed by atoms with Crippen LogP contribution in [0.4, 0.5) is 0 Å². The third-order valence-electron chi connectivity index (χ3n) is 5.63. The van der Waals surface area contributed by atoms with Gasteiger partial charge in [0.15, 0.2) is 0 Å². The second-order valence-electron chi connectivity index (χ2n) is 8.73. The van der Waals surface area contributed by atoms with Crippen LogP contribution in [0.15, 0.2) is 36.8 Å². The fraction of sp³-hybridized carbons (Fsp3) is 0.458. The summed E-state index contributed by atoms with van der Waals surface area (Å²) >= 11 is 1.42. The molecule has 0 aliphatic heterocycles. The maximum atomic E-state index is 13.0. The van der Waals surface area contributed by atoms with E-state index in [-0.39, 0.29) is 25.0 Å². The van der Waals surface area contributed by atoms with Crippen molar-refractivity contribution in [3.8, 4) is 5.75 Å². The fourth-order valence-electron chi connectivity index (χ4n) is 3.50. The molecule has 3 amide bonds. The number of aliphatic hydroxyl groups excluding tert-OH is 1. The topological polar surface area (TPSA) is 220 Å². The van der Waals surface area contributed by atoms with Crippen molar-refractivity contribution in [1.29, 1.82) is 0 Å². The van der Waals surface area contributed by atoms with Crippen LogP contribution in [-0.4, -0.2) is 91.3 Å². The quantitative estimate of drug-likeness (QED) is 0.134. The highest BCUT2D eigenvalue weighted by Gasteiger charge is 2.32. The van der Waals surface area contributed by atoms with Crippen LogP contribution in [0.2, 0.25) is 0 Å². The molecule has 1 aromatic carbocycles. The molecule has 9 N–H and O–H groups in total. The highest BCUT2D eigenvalue weighted by molar-refractivity contribution is 7.98. The van der Waals surface area contributed by atoms with E-state index in [0.29, 0.717) is 17.0 Å². The molecule has 13 nitrogen and oxygen atoms in total. The normalized spacial score (nSPS) is 14.9. The van der Waals surface area contributed by atoms with Crippen LogP contribution in [0.25, 0.3) is 0 Å². The van der Waals surface area contributed by atoms with Crippen molar-refractivity contribution in [2.24, 2.45) is 5.73 Å². The van der Waals surface area contributed by atoms with Crippen molar-refractivity contribution in [3.05, 3.63) is 48.0 Å². The van der Waals surface area contributed by atoms with Crippen LogP contribution in [0, 0.1) is 0 Å². The van der Waals surface area contributed by atoms with Gasteiger partial charge in [-0.25, -0.2) is 9.78 Å². The SMILES string of the molecule is CSCCC(NC(=O)C(NC(=O)C(N)Cc1ccc(O)cc1)C(C)O)C(=O)NC(Cc1cnc[nH]1)C(=O)O. The van der Waals surface area contributed by atoms with Gasteiger partial charge in [-0.3, -0.25) is 14.4 Å². The summed E-state index contributed by atoms with van der Waals surface area (Å²) in [6.45, 7) is 1.30.